The lowest BCUT2D eigenvalue weighted by atomic mass is 9.73. The predicted molar refractivity (Wildman–Crippen MR) is 107 cm³/mol. The Morgan fingerprint density at radius 1 is 1.11 bits per heavy atom. The second-order valence-electron chi connectivity index (χ2n) is 7.64. The average Bonchev–Trinajstić information content (AvgIpc) is 2.96. The number of hydrogen-bond donors (Lipinski definition) is 1. The van der Waals surface area contributed by atoms with Crippen LogP contribution in [0, 0.1) is 0 Å². The third-order valence-electron chi connectivity index (χ3n) is 6.19. The van der Waals surface area contributed by atoms with Crippen LogP contribution in [0.5, 0.6) is 0 Å². The van der Waals surface area contributed by atoms with Crippen LogP contribution in [0.4, 0.5) is 0 Å². The number of benzene rings is 1. The maximum atomic E-state index is 13.1. The zero-order valence-electron chi connectivity index (χ0n) is 15.7. The topological polar surface area (TPSA) is 72.4 Å². The zero-order valence-corrected chi connectivity index (χ0v) is 16.5. The molecule has 0 atom stereocenters. The molecule has 0 unspecified atom stereocenters. The van der Waals surface area contributed by atoms with E-state index in [2.05, 4.69) is 29.4 Å². The Morgan fingerprint density at radius 3 is 2.52 bits per heavy atom. The summed E-state index contributed by atoms with van der Waals surface area (Å²) in [5, 5.41) is 4.14. The van der Waals surface area contributed by atoms with Gasteiger partial charge in [0.05, 0.1) is 0 Å². The number of nitrogens with zero attached hydrogens (tertiary/aromatic N) is 2. The number of carbonyl (C=O) groups excluding carboxylic acids is 1. The number of piperidine rings is 1. The molecule has 0 bridgehead atoms. The molecule has 1 aliphatic heterocycles. The summed E-state index contributed by atoms with van der Waals surface area (Å²) in [6.45, 7) is 2.04. The molecule has 1 aromatic carbocycles. The van der Waals surface area contributed by atoms with E-state index in [-0.39, 0.29) is 23.7 Å². The van der Waals surface area contributed by atoms with Crippen LogP contribution >= 0.6 is 12.4 Å². The summed E-state index contributed by atoms with van der Waals surface area (Å²) in [6, 6.07) is 10.5. The molecule has 5 nitrogen and oxygen atoms in total. The molecule has 27 heavy (non-hydrogen) atoms. The molecule has 1 aliphatic carbocycles. The van der Waals surface area contributed by atoms with Crippen molar-refractivity contribution in [1.82, 2.24) is 10.1 Å². The molecule has 0 spiro atoms. The fraction of sp³-hybridized carbons (Fsp3) is 0.524. The largest absolute Gasteiger partial charge is 0.360 e. The van der Waals surface area contributed by atoms with E-state index in [4.69, 9.17) is 10.3 Å². The number of nitrogens with two attached hydrogens (primary N) is 1. The van der Waals surface area contributed by atoms with Crippen LogP contribution in [-0.2, 0) is 18.3 Å². The van der Waals surface area contributed by atoms with Crippen LogP contribution in [0.25, 0.3) is 0 Å². The highest BCUT2D eigenvalue weighted by Gasteiger charge is 2.37. The van der Waals surface area contributed by atoms with Gasteiger partial charge in [-0.1, -0.05) is 41.9 Å². The number of aromatic nitrogens is 1. The van der Waals surface area contributed by atoms with Gasteiger partial charge in [-0.2, -0.15) is 0 Å². The molecule has 1 fully saturated rings. The first-order chi connectivity index (χ1) is 12.7. The van der Waals surface area contributed by atoms with Gasteiger partial charge in [0.2, 0.25) is 0 Å². The molecule has 146 valence electrons. The number of aryl methyl sites for hydroxylation is 1. The molecular formula is C21H28ClN3O2. The van der Waals surface area contributed by atoms with E-state index in [1.165, 1.54) is 12.0 Å². The molecule has 2 heterocycles. The van der Waals surface area contributed by atoms with Crippen molar-refractivity contribution in [2.75, 3.05) is 19.6 Å². The minimum Gasteiger partial charge on any atom is -0.360 e. The lowest BCUT2D eigenvalue weighted by Gasteiger charge is -2.41. The van der Waals surface area contributed by atoms with Crippen LogP contribution in [0.3, 0.4) is 0 Å². The van der Waals surface area contributed by atoms with Crippen molar-refractivity contribution in [3.05, 3.63) is 52.9 Å². The highest BCUT2D eigenvalue weighted by atomic mass is 35.5. The van der Waals surface area contributed by atoms with Crippen molar-refractivity contribution >= 4 is 18.3 Å². The van der Waals surface area contributed by atoms with Gasteiger partial charge in [-0.25, -0.2) is 0 Å². The minimum atomic E-state index is -0.0290. The standard InChI is InChI=1S/C21H27N3O2.ClH/c22-15-21(16-7-3-1-4-8-16)11-13-24(14-12-21)20(25)19-17-9-5-2-6-10-18(17)26-23-19;/h1,3-4,7-8H,2,5-6,9-15,22H2;1H. The second kappa shape index (κ2) is 8.44. The van der Waals surface area contributed by atoms with Crippen molar-refractivity contribution < 1.29 is 9.32 Å². The fourth-order valence-electron chi connectivity index (χ4n) is 4.42. The first-order valence-corrected chi connectivity index (χ1v) is 9.76. The summed E-state index contributed by atoms with van der Waals surface area (Å²) in [7, 11) is 0. The van der Waals surface area contributed by atoms with E-state index in [9.17, 15) is 4.79 Å². The number of amides is 1. The third kappa shape index (κ3) is 3.76. The van der Waals surface area contributed by atoms with E-state index >= 15 is 0 Å². The first-order valence-electron chi connectivity index (χ1n) is 9.76. The smallest absolute Gasteiger partial charge is 0.276 e. The number of halogens is 1. The van der Waals surface area contributed by atoms with E-state index in [0.717, 1.165) is 49.8 Å². The van der Waals surface area contributed by atoms with Crippen molar-refractivity contribution in [1.29, 1.82) is 0 Å². The Bertz CT molecular complexity index is 767. The highest BCUT2D eigenvalue weighted by molar-refractivity contribution is 5.94. The van der Waals surface area contributed by atoms with E-state index in [0.29, 0.717) is 25.3 Å². The molecular weight excluding hydrogens is 362 g/mol. The number of rotatable bonds is 3. The maximum absolute atomic E-state index is 13.1. The van der Waals surface area contributed by atoms with Crippen molar-refractivity contribution in [3.8, 4) is 0 Å². The van der Waals surface area contributed by atoms with Gasteiger partial charge in [-0.15, -0.1) is 12.4 Å². The van der Waals surface area contributed by atoms with Crippen LogP contribution in [0.2, 0.25) is 0 Å². The average molecular weight is 390 g/mol. The van der Waals surface area contributed by atoms with Gasteiger partial charge in [-0.3, -0.25) is 4.79 Å². The molecule has 1 amide bonds. The number of hydrogen-bond acceptors (Lipinski definition) is 4. The first kappa shape index (κ1) is 19.9. The molecule has 6 heteroatoms. The minimum absolute atomic E-state index is 0. The van der Waals surface area contributed by atoms with E-state index in [1.54, 1.807) is 0 Å². The normalized spacial score (nSPS) is 18.9. The highest BCUT2D eigenvalue weighted by Crippen LogP contribution is 2.35. The van der Waals surface area contributed by atoms with E-state index < -0.39 is 0 Å². The van der Waals surface area contributed by atoms with Gasteiger partial charge in [0.15, 0.2) is 5.69 Å². The van der Waals surface area contributed by atoms with Crippen molar-refractivity contribution in [2.45, 2.75) is 50.4 Å². The van der Waals surface area contributed by atoms with Crippen molar-refractivity contribution in [3.63, 3.8) is 0 Å². The number of fused-ring (bicyclic) bond motifs is 1. The summed E-state index contributed by atoms with van der Waals surface area (Å²) < 4.78 is 5.49. The number of likely N-dealkylation sites (tertiary alicyclic amines) is 1. The van der Waals surface area contributed by atoms with Crippen molar-refractivity contribution in [2.24, 2.45) is 5.73 Å². The molecule has 0 radical (unpaired) electrons. The SMILES string of the molecule is Cl.NCC1(c2ccccc2)CCN(C(=O)c2noc3c2CCCCC3)CC1. The molecule has 1 aromatic heterocycles. The lowest BCUT2D eigenvalue weighted by molar-refractivity contribution is 0.0658. The summed E-state index contributed by atoms with van der Waals surface area (Å²) >= 11 is 0. The molecule has 4 rings (SSSR count). The summed E-state index contributed by atoms with van der Waals surface area (Å²) in [6.07, 6.45) is 7.01. The van der Waals surface area contributed by atoms with Gasteiger partial charge >= 0.3 is 0 Å². The Labute approximate surface area is 166 Å². The summed E-state index contributed by atoms with van der Waals surface area (Å²) in [5.41, 5.74) is 9.01. The Balaban J connectivity index is 0.00000210. The molecule has 2 N–H and O–H groups in total. The van der Waals surface area contributed by atoms with Gasteiger partial charge in [0.1, 0.15) is 5.76 Å². The Morgan fingerprint density at radius 2 is 1.81 bits per heavy atom. The maximum Gasteiger partial charge on any atom is 0.276 e. The Kier molecular flexibility index (Phi) is 6.22. The predicted octanol–water partition coefficient (Wildman–Crippen LogP) is 3.50. The Hall–Kier alpha value is -1.85. The van der Waals surface area contributed by atoms with Crippen LogP contribution in [0.15, 0.2) is 34.9 Å². The molecule has 0 saturated carbocycles. The van der Waals surface area contributed by atoms with Gasteiger partial charge < -0.3 is 15.2 Å². The third-order valence-corrected chi connectivity index (χ3v) is 6.19. The van der Waals surface area contributed by atoms with Gasteiger partial charge in [0, 0.05) is 37.0 Å². The second-order valence-corrected chi connectivity index (χ2v) is 7.64. The monoisotopic (exact) mass is 389 g/mol. The summed E-state index contributed by atoms with van der Waals surface area (Å²) in [5.74, 6) is 0.944. The van der Waals surface area contributed by atoms with Crippen LogP contribution in [-0.4, -0.2) is 35.6 Å². The van der Waals surface area contributed by atoms with E-state index in [1.807, 2.05) is 11.0 Å². The van der Waals surface area contributed by atoms with Crippen LogP contribution in [0.1, 0.15) is 59.5 Å². The molecule has 2 aliphatic rings. The molecule has 2 aromatic rings. The van der Waals surface area contributed by atoms with Crippen LogP contribution < -0.4 is 5.73 Å². The summed E-state index contributed by atoms with van der Waals surface area (Å²) in [4.78, 5) is 15.0. The number of carbonyl (C=O) groups is 1. The quantitative estimate of drug-likeness (QED) is 0.815. The molecule has 1 saturated heterocycles. The fourth-order valence-corrected chi connectivity index (χ4v) is 4.42. The zero-order chi connectivity index (χ0) is 18.0. The lowest BCUT2D eigenvalue weighted by Crippen LogP contribution is -2.48. The van der Waals surface area contributed by atoms with Gasteiger partial charge in [-0.05, 0) is 37.7 Å². The van der Waals surface area contributed by atoms with Gasteiger partial charge in [0.25, 0.3) is 5.91 Å².